The molecule has 1 aliphatic rings. The average Bonchev–Trinajstić information content (AvgIpc) is 2.66. The summed E-state index contributed by atoms with van der Waals surface area (Å²) in [4.78, 5) is 41.0. The van der Waals surface area contributed by atoms with Crippen molar-refractivity contribution in [2.75, 3.05) is 6.54 Å². The zero-order valence-corrected chi connectivity index (χ0v) is 15.5. The van der Waals surface area contributed by atoms with E-state index < -0.39 is 11.9 Å². The Morgan fingerprint density at radius 1 is 1.22 bits per heavy atom. The van der Waals surface area contributed by atoms with Crippen molar-refractivity contribution in [1.82, 2.24) is 20.2 Å². The third kappa shape index (κ3) is 4.81. The number of amides is 3. The highest BCUT2D eigenvalue weighted by atomic mass is 16.2. The summed E-state index contributed by atoms with van der Waals surface area (Å²) < 4.78 is 1.28. The lowest BCUT2D eigenvalue weighted by molar-refractivity contribution is -0.120. The van der Waals surface area contributed by atoms with Crippen molar-refractivity contribution in [3.63, 3.8) is 0 Å². The molecule has 0 unspecified atom stereocenters. The number of imide groups is 1. The van der Waals surface area contributed by atoms with Crippen LogP contribution in [0.15, 0.2) is 40.7 Å². The Kier molecular flexibility index (Phi) is 6.01. The van der Waals surface area contributed by atoms with Gasteiger partial charge >= 0.3 is 6.03 Å². The first kappa shape index (κ1) is 18.8. The summed E-state index contributed by atoms with van der Waals surface area (Å²) in [5, 5.41) is 5.41. The summed E-state index contributed by atoms with van der Waals surface area (Å²) >= 11 is 0. The molecule has 0 spiro atoms. The van der Waals surface area contributed by atoms with Gasteiger partial charge in [0.2, 0.25) is 5.91 Å². The van der Waals surface area contributed by atoms with E-state index in [0.717, 1.165) is 19.3 Å². The predicted molar refractivity (Wildman–Crippen MR) is 103 cm³/mol. The van der Waals surface area contributed by atoms with E-state index in [1.54, 1.807) is 31.2 Å². The fourth-order valence-electron chi connectivity index (χ4n) is 3.29. The van der Waals surface area contributed by atoms with Crippen LogP contribution in [0.5, 0.6) is 0 Å². The number of aryl methyl sites for hydroxylation is 1. The monoisotopic (exact) mass is 368 g/mol. The molecule has 1 aromatic carbocycles. The minimum atomic E-state index is -0.549. The molecule has 0 radical (unpaired) electrons. The van der Waals surface area contributed by atoms with Gasteiger partial charge in [-0.3, -0.25) is 19.5 Å². The summed E-state index contributed by atoms with van der Waals surface area (Å²) in [6, 6.07) is 6.43. The number of hydrogen-bond acceptors (Lipinski definition) is 4. The van der Waals surface area contributed by atoms with E-state index in [4.69, 9.17) is 0 Å². The van der Waals surface area contributed by atoms with E-state index in [2.05, 4.69) is 21.7 Å². The number of carbonyl (C=O) groups excluding carboxylic acids is 2. The molecule has 0 fully saturated rings. The average molecular weight is 368 g/mol. The first-order chi connectivity index (χ1) is 13.0. The minimum absolute atomic E-state index is 0.249. The maximum atomic E-state index is 12.6. The van der Waals surface area contributed by atoms with Gasteiger partial charge in [0.1, 0.15) is 12.4 Å². The van der Waals surface area contributed by atoms with Crippen molar-refractivity contribution in [1.29, 1.82) is 0 Å². The van der Waals surface area contributed by atoms with Crippen molar-refractivity contribution in [3.8, 4) is 0 Å². The molecule has 0 aliphatic heterocycles. The van der Waals surface area contributed by atoms with E-state index in [9.17, 15) is 14.4 Å². The minimum Gasteiger partial charge on any atom is -0.337 e. The molecule has 0 atom stereocenters. The highest BCUT2D eigenvalue weighted by molar-refractivity contribution is 5.94. The van der Waals surface area contributed by atoms with E-state index in [1.165, 1.54) is 23.0 Å². The van der Waals surface area contributed by atoms with E-state index in [1.807, 2.05) is 0 Å². The number of carbonyl (C=O) groups is 2. The third-order valence-corrected chi connectivity index (χ3v) is 4.72. The van der Waals surface area contributed by atoms with Crippen molar-refractivity contribution >= 4 is 22.8 Å². The molecule has 0 saturated carbocycles. The van der Waals surface area contributed by atoms with Crippen molar-refractivity contribution in [2.45, 2.75) is 45.6 Å². The van der Waals surface area contributed by atoms with Gasteiger partial charge in [0.15, 0.2) is 0 Å². The van der Waals surface area contributed by atoms with Gasteiger partial charge in [0.05, 0.1) is 10.9 Å². The summed E-state index contributed by atoms with van der Waals surface area (Å²) in [6.07, 6.45) is 7.65. The lowest BCUT2D eigenvalue weighted by Gasteiger charge is -2.13. The number of para-hydroxylation sites is 1. The number of fused-ring (bicyclic) bond motifs is 1. The van der Waals surface area contributed by atoms with Crippen molar-refractivity contribution in [3.05, 3.63) is 52.1 Å². The Hall–Kier alpha value is -2.96. The number of aromatic nitrogens is 2. The van der Waals surface area contributed by atoms with Crippen LogP contribution in [0.1, 0.15) is 37.9 Å². The molecule has 0 bridgehead atoms. The predicted octanol–water partition coefficient (Wildman–Crippen LogP) is 2.42. The van der Waals surface area contributed by atoms with Crippen LogP contribution in [0.4, 0.5) is 4.79 Å². The van der Waals surface area contributed by atoms with Gasteiger partial charge in [-0.15, -0.1) is 0 Å². The van der Waals surface area contributed by atoms with Gasteiger partial charge in [-0.25, -0.2) is 9.78 Å². The van der Waals surface area contributed by atoms with E-state index >= 15 is 0 Å². The second-order valence-corrected chi connectivity index (χ2v) is 6.73. The second kappa shape index (κ2) is 8.62. The summed E-state index contributed by atoms with van der Waals surface area (Å²) in [7, 11) is 0. The molecular formula is C20H24N4O3. The molecule has 1 aliphatic carbocycles. The van der Waals surface area contributed by atoms with Crippen LogP contribution in [0, 0.1) is 6.92 Å². The fraction of sp³-hybridized carbons (Fsp3) is 0.400. The molecular weight excluding hydrogens is 344 g/mol. The zero-order valence-electron chi connectivity index (χ0n) is 15.5. The van der Waals surface area contributed by atoms with Gasteiger partial charge in [-0.05, 0) is 51.2 Å². The number of urea groups is 1. The Balaban J connectivity index is 1.56. The molecule has 27 heavy (non-hydrogen) atoms. The number of nitrogens with zero attached hydrogens (tertiary/aromatic N) is 2. The fourth-order valence-corrected chi connectivity index (χ4v) is 3.29. The lowest BCUT2D eigenvalue weighted by atomic mass is 9.97. The lowest BCUT2D eigenvalue weighted by Crippen LogP contribution is -2.42. The molecule has 1 heterocycles. The number of nitrogens with one attached hydrogen (secondary N) is 2. The second-order valence-electron chi connectivity index (χ2n) is 6.73. The normalized spacial score (nSPS) is 13.9. The Morgan fingerprint density at radius 3 is 2.81 bits per heavy atom. The van der Waals surface area contributed by atoms with Gasteiger partial charge in [-0.1, -0.05) is 23.8 Å². The molecule has 2 N–H and O–H groups in total. The van der Waals surface area contributed by atoms with E-state index in [0.29, 0.717) is 23.3 Å². The highest BCUT2D eigenvalue weighted by Gasteiger charge is 2.13. The van der Waals surface area contributed by atoms with E-state index in [-0.39, 0.29) is 12.1 Å². The Bertz CT molecular complexity index is 946. The molecule has 1 aromatic heterocycles. The SMILES string of the molecule is Cc1nc2ccccc2c(=O)n1CC(=O)NC(=O)NCCC1=CCCCC1. The Labute approximate surface area is 157 Å². The van der Waals surface area contributed by atoms with Crippen LogP contribution in [0.25, 0.3) is 10.9 Å². The smallest absolute Gasteiger partial charge is 0.321 e. The number of hydrogen-bond donors (Lipinski definition) is 2. The van der Waals surface area contributed by atoms with Gasteiger partial charge in [-0.2, -0.15) is 0 Å². The standard InChI is InChI=1S/C20H24N4O3/c1-14-22-17-10-6-5-9-16(17)19(26)24(14)13-18(25)23-20(27)21-12-11-15-7-3-2-4-8-15/h5-7,9-10H,2-4,8,11-13H2,1H3,(H2,21,23,25,27). The maximum Gasteiger partial charge on any atom is 0.321 e. The van der Waals surface area contributed by atoms with Crippen LogP contribution in [0.2, 0.25) is 0 Å². The van der Waals surface area contributed by atoms with Crippen molar-refractivity contribution < 1.29 is 9.59 Å². The zero-order chi connectivity index (χ0) is 19.2. The van der Waals surface area contributed by atoms with Gasteiger partial charge in [0, 0.05) is 6.54 Å². The first-order valence-corrected chi connectivity index (χ1v) is 9.26. The summed E-state index contributed by atoms with van der Waals surface area (Å²) in [5.74, 6) is -0.120. The molecule has 7 heteroatoms. The van der Waals surface area contributed by atoms with Crippen LogP contribution >= 0.6 is 0 Å². The molecule has 7 nitrogen and oxygen atoms in total. The quantitative estimate of drug-likeness (QED) is 0.793. The summed E-state index contributed by atoms with van der Waals surface area (Å²) in [6.45, 7) is 1.90. The number of benzene rings is 1. The van der Waals surface area contributed by atoms with Crippen LogP contribution < -0.4 is 16.2 Å². The maximum absolute atomic E-state index is 12.6. The molecule has 142 valence electrons. The molecule has 3 rings (SSSR count). The summed E-state index contributed by atoms with van der Waals surface area (Å²) in [5.41, 5.74) is 1.65. The van der Waals surface area contributed by atoms with Crippen LogP contribution in [-0.2, 0) is 11.3 Å². The Morgan fingerprint density at radius 2 is 2.04 bits per heavy atom. The van der Waals surface area contributed by atoms with Crippen LogP contribution in [0.3, 0.4) is 0 Å². The third-order valence-electron chi connectivity index (χ3n) is 4.72. The van der Waals surface area contributed by atoms with Gasteiger partial charge < -0.3 is 5.32 Å². The van der Waals surface area contributed by atoms with Crippen LogP contribution in [-0.4, -0.2) is 28.0 Å². The van der Waals surface area contributed by atoms with Gasteiger partial charge in [0.25, 0.3) is 5.56 Å². The molecule has 0 saturated heterocycles. The largest absolute Gasteiger partial charge is 0.337 e. The molecule has 2 aromatic rings. The highest BCUT2D eigenvalue weighted by Crippen LogP contribution is 2.19. The number of allylic oxidation sites excluding steroid dienone is 1. The first-order valence-electron chi connectivity index (χ1n) is 9.26. The number of rotatable bonds is 5. The molecule has 3 amide bonds. The van der Waals surface area contributed by atoms with Crippen molar-refractivity contribution in [2.24, 2.45) is 0 Å². The topological polar surface area (TPSA) is 93.1 Å².